The predicted molar refractivity (Wildman–Crippen MR) is 117 cm³/mol. The first-order valence-electron chi connectivity index (χ1n) is 9.62. The molecule has 0 radical (unpaired) electrons. The van der Waals surface area contributed by atoms with Gasteiger partial charge in [0.1, 0.15) is 5.75 Å². The quantitative estimate of drug-likeness (QED) is 0.569. The number of carbonyl (C=O) groups excluding carboxylic acids is 2. The smallest absolute Gasteiger partial charge is 0.255 e. The van der Waals surface area contributed by atoms with E-state index in [1.807, 2.05) is 19.1 Å². The summed E-state index contributed by atoms with van der Waals surface area (Å²) in [6.45, 7) is 2.95. The van der Waals surface area contributed by atoms with Crippen LogP contribution in [-0.2, 0) is 11.3 Å². The first kappa shape index (κ1) is 21.1. The number of anilines is 2. The summed E-state index contributed by atoms with van der Waals surface area (Å²) in [7, 11) is 1.61. The summed E-state index contributed by atoms with van der Waals surface area (Å²) in [6.07, 6.45) is 0. The molecule has 0 aliphatic rings. The van der Waals surface area contributed by atoms with Gasteiger partial charge in [0.15, 0.2) is 0 Å². The summed E-state index contributed by atoms with van der Waals surface area (Å²) in [5.74, 6) is 0.298. The normalized spacial score (nSPS) is 10.3. The zero-order valence-corrected chi connectivity index (χ0v) is 17.0. The molecule has 0 unspecified atom stereocenters. The van der Waals surface area contributed by atoms with Crippen LogP contribution in [0.15, 0.2) is 72.8 Å². The SMILES string of the molecule is CCOc1ccc(NC(=O)c2ccc(NC(=O)c3cccc(COC)c3)cc2)cc1. The third-order valence-corrected chi connectivity index (χ3v) is 4.33. The fraction of sp³-hybridized carbons (Fsp3) is 0.167. The van der Waals surface area contributed by atoms with E-state index < -0.39 is 0 Å². The van der Waals surface area contributed by atoms with Gasteiger partial charge >= 0.3 is 0 Å². The van der Waals surface area contributed by atoms with Gasteiger partial charge in [-0.15, -0.1) is 0 Å². The molecule has 30 heavy (non-hydrogen) atoms. The summed E-state index contributed by atoms with van der Waals surface area (Å²) in [6, 6.07) is 21.2. The van der Waals surface area contributed by atoms with E-state index >= 15 is 0 Å². The number of amides is 2. The second-order valence-electron chi connectivity index (χ2n) is 6.58. The molecule has 0 bridgehead atoms. The Morgan fingerprint density at radius 2 is 1.40 bits per heavy atom. The van der Waals surface area contributed by atoms with E-state index in [4.69, 9.17) is 9.47 Å². The van der Waals surface area contributed by atoms with Gasteiger partial charge in [0.2, 0.25) is 0 Å². The summed E-state index contributed by atoms with van der Waals surface area (Å²) in [4.78, 5) is 24.9. The minimum atomic E-state index is -0.232. The molecular formula is C24H24N2O4. The van der Waals surface area contributed by atoms with Gasteiger partial charge in [-0.25, -0.2) is 0 Å². The van der Waals surface area contributed by atoms with Crippen LogP contribution in [0, 0.1) is 0 Å². The summed E-state index contributed by atoms with van der Waals surface area (Å²) in [5, 5.41) is 5.67. The van der Waals surface area contributed by atoms with E-state index in [0.29, 0.717) is 35.7 Å². The number of carbonyl (C=O) groups is 2. The lowest BCUT2D eigenvalue weighted by atomic mass is 10.1. The third-order valence-electron chi connectivity index (χ3n) is 4.33. The van der Waals surface area contributed by atoms with Crippen LogP contribution in [0.3, 0.4) is 0 Å². The Morgan fingerprint density at radius 3 is 2.00 bits per heavy atom. The maximum atomic E-state index is 12.5. The molecule has 6 nitrogen and oxygen atoms in total. The molecule has 0 aromatic heterocycles. The number of hydrogen-bond acceptors (Lipinski definition) is 4. The molecule has 3 aromatic carbocycles. The molecule has 0 saturated heterocycles. The average molecular weight is 404 g/mol. The first-order valence-corrected chi connectivity index (χ1v) is 9.62. The Labute approximate surface area is 175 Å². The number of ether oxygens (including phenoxy) is 2. The molecule has 3 aromatic rings. The standard InChI is InChI=1S/C24H24N2O4/c1-3-30-22-13-11-21(12-14-22)25-23(27)18-7-9-20(10-8-18)26-24(28)19-6-4-5-17(15-19)16-29-2/h4-15H,3,16H2,1-2H3,(H,25,27)(H,26,28). The van der Waals surface area contributed by atoms with Crippen molar-refractivity contribution in [2.45, 2.75) is 13.5 Å². The third kappa shape index (κ3) is 5.68. The predicted octanol–water partition coefficient (Wildman–Crippen LogP) is 4.74. The van der Waals surface area contributed by atoms with Crippen molar-refractivity contribution in [1.82, 2.24) is 0 Å². The van der Waals surface area contributed by atoms with E-state index in [-0.39, 0.29) is 11.8 Å². The number of methoxy groups -OCH3 is 1. The Hall–Kier alpha value is -3.64. The maximum absolute atomic E-state index is 12.5. The number of rotatable bonds is 8. The largest absolute Gasteiger partial charge is 0.494 e. The van der Waals surface area contributed by atoms with E-state index in [1.165, 1.54) is 0 Å². The minimum absolute atomic E-state index is 0.223. The van der Waals surface area contributed by atoms with Gasteiger partial charge in [0.25, 0.3) is 11.8 Å². The van der Waals surface area contributed by atoms with Gasteiger partial charge in [-0.1, -0.05) is 12.1 Å². The van der Waals surface area contributed by atoms with Crippen LogP contribution in [0.5, 0.6) is 5.75 Å². The zero-order valence-electron chi connectivity index (χ0n) is 17.0. The second-order valence-corrected chi connectivity index (χ2v) is 6.58. The molecule has 2 N–H and O–H groups in total. The van der Waals surface area contributed by atoms with Crippen LogP contribution >= 0.6 is 0 Å². The highest BCUT2D eigenvalue weighted by Crippen LogP contribution is 2.18. The van der Waals surface area contributed by atoms with Gasteiger partial charge in [0, 0.05) is 29.6 Å². The van der Waals surface area contributed by atoms with Crippen LogP contribution in [0.4, 0.5) is 11.4 Å². The van der Waals surface area contributed by atoms with Crippen LogP contribution in [0.2, 0.25) is 0 Å². The molecule has 0 atom stereocenters. The zero-order chi connectivity index (χ0) is 21.3. The maximum Gasteiger partial charge on any atom is 0.255 e. The molecule has 2 amide bonds. The van der Waals surface area contributed by atoms with Crippen molar-refractivity contribution in [3.8, 4) is 5.75 Å². The van der Waals surface area contributed by atoms with Crippen molar-refractivity contribution in [3.63, 3.8) is 0 Å². The highest BCUT2D eigenvalue weighted by molar-refractivity contribution is 6.06. The van der Waals surface area contributed by atoms with Crippen LogP contribution in [0.25, 0.3) is 0 Å². The van der Waals surface area contributed by atoms with Crippen molar-refractivity contribution in [1.29, 1.82) is 0 Å². The van der Waals surface area contributed by atoms with Crippen LogP contribution in [0.1, 0.15) is 33.2 Å². The highest BCUT2D eigenvalue weighted by Gasteiger charge is 2.09. The Morgan fingerprint density at radius 1 is 0.800 bits per heavy atom. The second kappa shape index (κ2) is 10.2. The lowest BCUT2D eigenvalue weighted by Crippen LogP contribution is -2.14. The number of nitrogens with one attached hydrogen (secondary N) is 2. The Bertz CT molecular complexity index is 998. The van der Waals surface area contributed by atoms with Gasteiger partial charge in [0.05, 0.1) is 13.2 Å². The summed E-state index contributed by atoms with van der Waals surface area (Å²) < 4.78 is 10.5. The van der Waals surface area contributed by atoms with E-state index in [9.17, 15) is 9.59 Å². The fourth-order valence-corrected chi connectivity index (χ4v) is 2.88. The van der Waals surface area contributed by atoms with Crippen molar-refractivity contribution >= 4 is 23.2 Å². The van der Waals surface area contributed by atoms with Gasteiger partial charge in [-0.05, 0) is 73.2 Å². The molecule has 0 spiro atoms. The topological polar surface area (TPSA) is 76.7 Å². The molecule has 0 aliphatic carbocycles. The molecule has 0 saturated carbocycles. The van der Waals surface area contributed by atoms with Gasteiger partial charge < -0.3 is 20.1 Å². The number of benzene rings is 3. The summed E-state index contributed by atoms with van der Waals surface area (Å²) >= 11 is 0. The molecular weight excluding hydrogens is 380 g/mol. The molecule has 0 aliphatic heterocycles. The van der Waals surface area contributed by atoms with Crippen molar-refractivity contribution in [2.24, 2.45) is 0 Å². The fourth-order valence-electron chi connectivity index (χ4n) is 2.88. The molecule has 154 valence electrons. The molecule has 0 fully saturated rings. The van der Waals surface area contributed by atoms with Crippen molar-refractivity contribution in [2.75, 3.05) is 24.4 Å². The highest BCUT2D eigenvalue weighted by atomic mass is 16.5. The Kier molecular flexibility index (Phi) is 7.19. The first-order chi connectivity index (χ1) is 14.6. The average Bonchev–Trinajstić information content (AvgIpc) is 2.76. The van der Waals surface area contributed by atoms with Gasteiger partial charge in [-0.2, -0.15) is 0 Å². The Balaban J connectivity index is 1.60. The van der Waals surface area contributed by atoms with Crippen molar-refractivity contribution in [3.05, 3.63) is 89.5 Å². The lowest BCUT2D eigenvalue weighted by molar-refractivity contribution is 0.101. The van der Waals surface area contributed by atoms with E-state index in [0.717, 1.165) is 11.3 Å². The van der Waals surface area contributed by atoms with Gasteiger partial charge in [-0.3, -0.25) is 9.59 Å². The molecule has 0 heterocycles. The van der Waals surface area contributed by atoms with E-state index in [1.54, 1.807) is 67.8 Å². The number of hydrogen-bond donors (Lipinski definition) is 2. The monoisotopic (exact) mass is 404 g/mol. The van der Waals surface area contributed by atoms with Crippen LogP contribution < -0.4 is 15.4 Å². The summed E-state index contributed by atoms with van der Waals surface area (Å²) in [5.41, 5.74) is 3.24. The van der Waals surface area contributed by atoms with Crippen LogP contribution in [-0.4, -0.2) is 25.5 Å². The van der Waals surface area contributed by atoms with E-state index in [2.05, 4.69) is 10.6 Å². The lowest BCUT2D eigenvalue weighted by Gasteiger charge is -2.09. The van der Waals surface area contributed by atoms with Crippen molar-refractivity contribution < 1.29 is 19.1 Å². The minimum Gasteiger partial charge on any atom is -0.494 e. The molecule has 3 rings (SSSR count). The molecule has 6 heteroatoms.